The molecule has 11 heteroatoms. The minimum atomic E-state index is -2.68. The van der Waals surface area contributed by atoms with Crippen molar-refractivity contribution in [2.45, 2.75) is 102 Å². The molecule has 2 aliphatic rings. The third kappa shape index (κ3) is 4.06. The van der Waals surface area contributed by atoms with Crippen LogP contribution < -0.4 is 5.56 Å². The summed E-state index contributed by atoms with van der Waals surface area (Å²) in [7, 11) is -5.28. The predicted octanol–water partition coefficient (Wildman–Crippen LogP) is 4.36. The summed E-state index contributed by atoms with van der Waals surface area (Å²) in [5.74, 6) is 0. The number of imidazole rings is 1. The standard InChI is InChI=1S/C22H38N4O5Si2/c1-13(2)32(14(3)4)28-10-18-17(30-33(31-32,15(5)6)16(7)8)9-19(29-18)26-12-25-20-21(26)23-11-24-22(20)27/h11-19H,9-10H2,1-8H3,(H,23,24,27)/t17-,18-,19-/m1/s1. The molecule has 0 spiro atoms. The van der Waals surface area contributed by atoms with Crippen molar-refractivity contribution in [1.82, 2.24) is 19.5 Å². The number of ether oxygens (including phenoxy) is 1. The van der Waals surface area contributed by atoms with Crippen LogP contribution in [0.5, 0.6) is 0 Å². The van der Waals surface area contributed by atoms with Crippen molar-refractivity contribution >= 4 is 28.3 Å². The zero-order valence-corrected chi connectivity index (χ0v) is 23.0. The minimum absolute atomic E-state index is 0.155. The van der Waals surface area contributed by atoms with E-state index in [1.54, 1.807) is 6.33 Å². The van der Waals surface area contributed by atoms with E-state index >= 15 is 0 Å². The van der Waals surface area contributed by atoms with E-state index < -0.39 is 17.1 Å². The monoisotopic (exact) mass is 494 g/mol. The highest BCUT2D eigenvalue weighted by Gasteiger charge is 2.60. The van der Waals surface area contributed by atoms with Gasteiger partial charge in [0.1, 0.15) is 12.3 Å². The fourth-order valence-electron chi connectivity index (χ4n) is 5.38. The van der Waals surface area contributed by atoms with Crippen LogP contribution in [-0.4, -0.2) is 55.5 Å². The Bertz CT molecular complexity index is 1020. The van der Waals surface area contributed by atoms with Gasteiger partial charge in [0.25, 0.3) is 5.56 Å². The SMILES string of the molecule is CC(C)[Si]1(C(C)C)OC[C@H]2O[C@@H](n3cnc4c(=O)[nH]cnc43)C[C@H]2O[Si](C(C)C)(C(C)C)O1. The highest BCUT2D eigenvalue weighted by Crippen LogP contribution is 2.48. The van der Waals surface area contributed by atoms with Crippen LogP contribution >= 0.6 is 0 Å². The second-order valence-corrected chi connectivity index (χ2v) is 19.4. The maximum atomic E-state index is 12.1. The number of nitrogens with zero attached hydrogens (tertiary/aromatic N) is 3. The highest BCUT2D eigenvalue weighted by atomic mass is 28.5. The van der Waals surface area contributed by atoms with E-state index in [0.29, 0.717) is 24.2 Å². The molecule has 33 heavy (non-hydrogen) atoms. The molecule has 4 heterocycles. The van der Waals surface area contributed by atoms with Gasteiger partial charge in [0.05, 0.1) is 25.4 Å². The number of rotatable bonds is 5. The normalized spacial score (nSPS) is 27.5. The number of H-pyrrole nitrogens is 1. The number of nitrogens with one attached hydrogen (secondary N) is 1. The fourth-order valence-corrected chi connectivity index (χ4v) is 16.6. The molecule has 2 aromatic heterocycles. The van der Waals surface area contributed by atoms with E-state index in [1.807, 2.05) is 4.57 Å². The van der Waals surface area contributed by atoms with Crippen molar-refractivity contribution in [3.63, 3.8) is 0 Å². The molecule has 184 valence electrons. The molecule has 0 radical (unpaired) electrons. The first-order valence-electron chi connectivity index (χ1n) is 12.1. The van der Waals surface area contributed by atoms with Gasteiger partial charge in [0, 0.05) is 6.42 Å². The summed E-state index contributed by atoms with van der Waals surface area (Å²) in [6.45, 7) is 18.2. The highest BCUT2D eigenvalue weighted by molar-refractivity contribution is 6.83. The summed E-state index contributed by atoms with van der Waals surface area (Å²) in [5, 5.41) is 0. The Morgan fingerprint density at radius 3 is 2.21 bits per heavy atom. The van der Waals surface area contributed by atoms with E-state index in [4.69, 9.17) is 17.7 Å². The second-order valence-electron chi connectivity index (χ2n) is 10.6. The van der Waals surface area contributed by atoms with Crippen LogP contribution in [0.25, 0.3) is 11.2 Å². The third-order valence-electron chi connectivity index (χ3n) is 7.20. The van der Waals surface area contributed by atoms with E-state index in [0.717, 1.165) is 0 Å². The van der Waals surface area contributed by atoms with Gasteiger partial charge >= 0.3 is 17.1 Å². The van der Waals surface area contributed by atoms with Gasteiger partial charge in [-0.3, -0.25) is 9.36 Å². The molecule has 0 saturated carbocycles. The quantitative estimate of drug-likeness (QED) is 0.616. The molecular formula is C22H38N4O5Si2. The lowest BCUT2D eigenvalue weighted by Crippen LogP contribution is -2.65. The molecule has 2 saturated heterocycles. The van der Waals surface area contributed by atoms with Crippen molar-refractivity contribution in [1.29, 1.82) is 0 Å². The number of fused-ring (bicyclic) bond motifs is 2. The van der Waals surface area contributed by atoms with Crippen LogP contribution in [-0.2, 0) is 17.7 Å². The van der Waals surface area contributed by atoms with Gasteiger partial charge in [-0.15, -0.1) is 0 Å². The van der Waals surface area contributed by atoms with Gasteiger partial charge in [0.2, 0.25) is 0 Å². The second kappa shape index (κ2) is 9.01. The molecule has 4 rings (SSSR count). The van der Waals surface area contributed by atoms with Crippen LogP contribution in [0.4, 0.5) is 0 Å². The lowest BCUT2D eigenvalue weighted by molar-refractivity contribution is -0.0544. The van der Waals surface area contributed by atoms with Gasteiger partial charge in [0.15, 0.2) is 11.2 Å². The summed E-state index contributed by atoms with van der Waals surface area (Å²) in [5.41, 5.74) is 1.66. The number of hydrogen-bond donors (Lipinski definition) is 1. The number of aromatic nitrogens is 4. The topological polar surface area (TPSA) is 100 Å². The van der Waals surface area contributed by atoms with Crippen molar-refractivity contribution in [3.8, 4) is 0 Å². The predicted molar refractivity (Wildman–Crippen MR) is 130 cm³/mol. The molecule has 0 unspecified atom stereocenters. The van der Waals surface area contributed by atoms with Gasteiger partial charge in [-0.2, -0.15) is 0 Å². The minimum Gasteiger partial charge on any atom is -0.414 e. The van der Waals surface area contributed by atoms with Gasteiger partial charge in [-0.25, -0.2) is 9.97 Å². The Labute approximate surface area is 197 Å². The van der Waals surface area contributed by atoms with Crippen LogP contribution in [0, 0.1) is 0 Å². The number of aromatic amines is 1. The molecular weight excluding hydrogens is 456 g/mol. The van der Waals surface area contributed by atoms with Crippen LogP contribution in [0.1, 0.15) is 68.0 Å². The van der Waals surface area contributed by atoms with Crippen LogP contribution in [0.3, 0.4) is 0 Å². The van der Waals surface area contributed by atoms with Crippen LogP contribution in [0.15, 0.2) is 17.4 Å². The number of hydrogen-bond acceptors (Lipinski definition) is 7. The maximum Gasteiger partial charge on any atom is 0.335 e. The Hall–Kier alpha value is -1.38. The molecule has 3 atom stereocenters. The fraction of sp³-hybridized carbons (Fsp3) is 0.773. The molecule has 0 amide bonds. The average molecular weight is 495 g/mol. The Kier molecular flexibility index (Phi) is 6.75. The first-order chi connectivity index (χ1) is 15.5. The molecule has 2 aromatic rings. The van der Waals surface area contributed by atoms with E-state index in [-0.39, 0.29) is 46.2 Å². The Morgan fingerprint density at radius 2 is 1.61 bits per heavy atom. The van der Waals surface area contributed by atoms with Gasteiger partial charge in [-0.05, 0) is 22.2 Å². The summed E-state index contributed by atoms with van der Waals surface area (Å²) >= 11 is 0. The Balaban J connectivity index is 1.73. The molecule has 0 aliphatic carbocycles. The molecule has 2 aliphatic heterocycles. The lowest BCUT2D eigenvalue weighted by atomic mass is 10.2. The zero-order valence-electron chi connectivity index (χ0n) is 21.0. The maximum absolute atomic E-state index is 12.1. The first-order valence-corrected chi connectivity index (χ1v) is 16.0. The lowest BCUT2D eigenvalue weighted by Gasteiger charge is -2.51. The van der Waals surface area contributed by atoms with E-state index in [2.05, 4.69) is 70.3 Å². The summed E-state index contributed by atoms with van der Waals surface area (Å²) in [6.07, 6.45) is 2.95. The molecule has 0 bridgehead atoms. The van der Waals surface area contributed by atoms with Crippen molar-refractivity contribution < 1.29 is 17.7 Å². The Morgan fingerprint density at radius 1 is 0.970 bits per heavy atom. The van der Waals surface area contributed by atoms with Crippen molar-refractivity contribution in [2.75, 3.05) is 6.61 Å². The summed E-state index contributed by atoms with van der Waals surface area (Å²) in [4.78, 5) is 23.3. The van der Waals surface area contributed by atoms with Crippen molar-refractivity contribution in [2.24, 2.45) is 0 Å². The third-order valence-corrected chi connectivity index (χ3v) is 17.5. The zero-order chi connectivity index (χ0) is 24.1. The smallest absolute Gasteiger partial charge is 0.335 e. The van der Waals surface area contributed by atoms with E-state index in [9.17, 15) is 4.79 Å². The first kappa shape index (κ1) is 24.7. The summed E-state index contributed by atoms with van der Waals surface area (Å²) < 4.78 is 29.4. The molecule has 0 aromatic carbocycles. The molecule has 2 fully saturated rings. The average Bonchev–Trinajstić information content (AvgIpc) is 3.32. The summed E-state index contributed by atoms with van der Waals surface area (Å²) in [6, 6.07) is 0. The van der Waals surface area contributed by atoms with Crippen molar-refractivity contribution in [3.05, 3.63) is 23.0 Å². The van der Waals surface area contributed by atoms with Gasteiger partial charge < -0.3 is 22.7 Å². The largest absolute Gasteiger partial charge is 0.414 e. The van der Waals surface area contributed by atoms with Crippen LogP contribution in [0.2, 0.25) is 22.2 Å². The molecule has 1 N–H and O–H groups in total. The van der Waals surface area contributed by atoms with Gasteiger partial charge in [-0.1, -0.05) is 55.4 Å². The molecule has 9 nitrogen and oxygen atoms in total. The van der Waals surface area contributed by atoms with E-state index in [1.165, 1.54) is 6.33 Å².